The lowest BCUT2D eigenvalue weighted by atomic mass is 9.94. The predicted molar refractivity (Wildman–Crippen MR) is 97.1 cm³/mol. The number of rotatable bonds is 5. The van der Waals surface area contributed by atoms with E-state index in [2.05, 4.69) is 25.3 Å². The normalized spacial score (nSPS) is 23.8. The molecule has 7 heteroatoms. The third kappa shape index (κ3) is 3.93. The van der Waals surface area contributed by atoms with E-state index in [1.54, 1.807) is 16.0 Å². The van der Waals surface area contributed by atoms with Crippen LogP contribution in [0.5, 0.6) is 0 Å². The second-order valence-electron chi connectivity index (χ2n) is 7.34. The van der Waals surface area contributed by atoms with Crippen LogP contribution in [0.2, 0.25) is 0 Å². The van der Waals surface area contributed by atoms with Crippen molar-refractivity contribution in [1.29, 1.82) is 0 Å². The molecule has 3 fully saturated rings. The molecule has 0 aromatic carbocycles. The highest BCUT2D eigenvalue weighted by molar-refractivity contribution is 7.07. The summed E-state index contributed by atoms with van der Waals surface area (Å²) in [6.45, 7) is 3.89. The zero-order valence-electron chi connectivity index (χ0n) is 14.7. The van der Waals surface area contributed by atoms with Gasteiger partial charge in [0.05, 0.1) is 17.4 Å². The Balaban J connectivity index is 1.37. The lowest BCUT2D eigenvalue weighted by molar-refractivity contribution is -0.135. The van der Waals surface area contributed by atoms with Gasteiger partial charge in [0.1, 0.15) is 0 Å². The van der Waals surface area contributed by atoms with E-state index in [1.165, 1.54) is 6.42 Å². The Morgan fingerprint density at radius 2 is 2.24 bits per heavy atom. The highest BCUT2D eigenvalue weighted by atomic mass is 32.1. The monoisotopic (exact) mass is 359 g/mol. The molecule has 0 aliphatic carbocycles. The van der Waals surface area contributed by atoms with Crippen LogP contribution in [0.4, 0.5) is 0 Å². The molecule has 3 aliphatic rings. The van der Waals surface area contributed by atoms with Crippen molar-refractivity contribution in [2.75, 3.05) is 19.6 Å². The average Bonchev–Trinajstić information content (AvgIpc) is 3.17. The average molecular weight is 359 g/mol. The molecule has 2 aromatic rings. The van der Waals surface area contributed by atoms with Gasteiger partial charge in [0.15, 0.2) is 0 Å². The number of hydrogen-bond acceptors (Lipinski definition) is 5. The number of hydrogen-bond donors (Lipinski definition) is 0. The molecule has 3 saturated heterocycles. The summed E-state index contributed by atoms with van der Waals surface area (Å²) in [6, 6.07) is 0.360. The fourth-order valence-corrected chi connectivity index (χ4v) is 4.70. The summed E-state index contributed by atoms with van der Waals surface area (Å²) < 4.78 is 1.80. The quantitative estimate of drug-likeness (QED) is 0.819. The molecule has 6 nitrogen and oxygen atoms in total. The minimum absolute atomic E-state index is 0.300. The number of fused-ring (bicyclic) bond motifs is 4. The van der Waals surface area contributed by atoms with Gasteiger partial charge in [0.2, 0.25) is 5.91 Å². The first kappa shape index (κ1) is 16.7. The molecule has 2 aromatic heterocycles. The van der Waals surface area contributed by atoms with Crippen molar-refractivity contribution in [1.82, 2.24) is 24.6 Å². The van der Waals surface area contributed by atoms with E-state index in [0.717, 1.165) is 50.3 Å². The molecule has 25 heavy (non-hydrogen) atoms. The highest BCUT2D eigenvalue weighted by Crippen LogP contribution is 2.29. The maximum atomic E-state index is 12.8. The van der Waals surface area contributed by atoms with Gasteiger partial charge in [-0.2, -0.15) is 5.10 Å². The van der Waals surface area contributed by atoms with Gasteiger partial charge in [-0.05, 0) is 30.7 Å². The van der Waals surface area contributed by atoms with Crippen molar-refractivity contribution in [3.8, 4) is 0 Å². The Labute approximate surface area is 152 Å². The zero-order valence-corrected chi connectivity index (χ0v) is 15.5. The van der Waals surface area contributed by atoms with Gasteiger partial charge in [-0.25, -0.2) is 4.98 Å². The Hall–Kier alpha value is -1.73. The second kappa shape index (κ2) is 7.25. The van der Waals surface area contributed by atoms with Crippen LogP contribution in [-0.2, 0) is 24.8 Å². The SMILES string of the molecule is Cn1cc(CCC(=O)N2C[C@@H]3CC[C@H]2CN(Cc2cscn2)C3)cn1. The summed E-state index contributed by atoms with van der Waals surface area (Å²) in [6.07, 6.45) is 7.60. The summed E-state index contributed by atoms with van der Waals surface area (Å²) in [5.41, 5.74) is 4.19. The van der Waals surface area contributed by atoms with Crippen LogP contribution in [0.25, 0.3) is 0 Å². The lowest BCUT2D eigenvalue weighted by Gasteiger charge is -2.36. The number of carbonyl (C=O) groups excluding carboxylic acids is 1. The first-order valence-corrected chi connectivity index (χ1v) is 9.98. The van der Waals surface area contributed by atoms with Gasteiger partial charge in [-0.1, -0.05) is 0 Å². The summed E-state index contributed by atoms with van der Waals surface area (Å²) in [7, 11) is 1.91. The maximum absolute atomic E-state index is 12.8. The molecule has 2 atom stereocenters. The van der Waals surface area contributed by atoms with Crippen LogP contribution in [0.1, 0.15) is 30.5 Å². The number of thiazole rings is 1. The first-order chi connectivity index (χ1) is 12.2. The van der Waals surface area contributed by atoms with Crippen molar-refractivity contribution >= 4 is 17.2 Å². The fraction of sp³-hybridized carbons (Fsp3) is 0.611. The van der Waals surface area contributed by atoms with E-state index >= 15 is 0 Å². The van der Waals surface area contributed by atoms with E-state index < -0.39 is 0 Å². The van der Waals surface area contributed by atoms with Crippen molar-refractivity contribution in [2.24, 2.45) is 13.0 Å². The van der Waals surface area contributed by atoms with E-state index in [9.17, 15) is 4.79 Å². The van der Waals surface area contributed by atoms with Crippen LogP contribution >= 0.6 is 11.3 Å². The molecular formula is C18H25N5OS. The van der Waals surface area contributed by atoms with Crippen molar-refractivity contribution < 1.29 is 4.79 Å². The third-order valence-corrected chi connectivity index (χ3v) is 6.00. The third-order valence-electron chi connectivity index (χ3n) is 5.36. The molecule has 5 heterocycles. The number of nitrogens with zero attached hydrogens (tertiary/aromatic N) is 5. The molecular weight excluding hydrogens is 334 g/mol. The standard InChI is InChI=1S/C18H25N5OS/c1-21-7-14(6-20-21)3-5-18(24)23-9-15-2-4-17(23)11-22(8-15)10-16-12-25-13-19-16/h6-7,12-13,15,17H,2-5,8-11H2,1H3/t15-,17+/m1/s1. The molecule has 134 valence electrons. The van der Waals surface area contributed by atoms with Gasteiger partial charge in [-0.15, -0.1) is 11.3 Å². The summed E-state index contributed by atoms with van der Waals surface area (Å²) >= 11 is 1.65. The Bertz CT molecular complexity index is 713. The number of aromatic nitrogens is 3. The molecule has 3 aliphatic heterocycles. The van der Waals surface area contributed by atoms with Crippen molar-refractivity contribution in [2.45, 2.75) is 38.3 Å². The molecule has 0 radical (unpaired) electrons. The lowest BCUT2D eigenvalue weighted by Crippen LogP contribution is -2.47. The van der Waals surface area contributed by atoms with Crippen LogP contribution in [0.15, 0.2) is 23.3 Å². The molecule has 0 saturated carbocycles. The molecule has 5 rings (SSSR count). The van der Waals surface area contributed by atoms with Crippen LogP contribution in [-0.4, -0.2) is 56.1 Å². The number of amides is 1. The molecule has 1 amide bonds. The van der Waals surface area contributed by atoms with Crippen LogP contribution < -0.4 is 0 Å². The van der Waals surface area contributed by atoms with Crippen molar-refractivity contribution in [3.63, 3.8) is 0 Å². The Morgan fingerprint density at radius 1 is 1.32 bits per heavy atom. The fourth-order valence-electron chi connectivity index (χ4n) is 4.15. The Morgan fingerprint density at radius 3 is 3.00 bits per heavy atom. The summed E-state index contributed by atoms with van der Waals surface area (Å²) in [5.74, 6) is 0.897. The molecule has 0 spiro atoms. The van der Waals surface area contributed by atoms with Gasteiger partial charge < -0.3 is 4.90 Å². The first-order valence-electron chi connectivity index (χ1n) is 9.04. The van der Waals surface area contributed by atoms with E-state index in [4.69, 9.17) is 0 Å². The topological polar surface area (TPSA) is 54.3 Å². The van der Waals surface area contributed by atoms with Crippen molar-refractivity contribution in [3.05, 3.63) is 34.5 Å². The number of piperidine rings is 1. The summed E-state index contributed by atoms with van der Waals surface area (Å²) in [4.78, 5) is 21.9. The highest BCUT2D eigenvalue weighted by Gasteiger charge is 2.36. The minimum atomic E-state index is 0.300. The van der Waals surface area contributed by atoms with Gasteiger partial charge in [0.25, 0.3) is 0 Å². The van der Waals surface area contributed by atoms with Gasteiger partial charge >= 0.3 is 0 Å². The number of carbonyl (C=O) groups is 1. The van der Waals surface area contributed by atoms with Crippen LogP contribution in [0.3, 0.4) is 0 Å². The van der Waals surface area contributed by atoms with Gasteiger partial charge in [-0.3, -0.25) is 14.4 Å². The molecule has 2 bridgehead atoms. The second-order valence-corrected chi connectivity index (χ2v) is 8.06. The maximum Gasteiger partial charge on any atom is 0.223 e. The predicted octanol–water partition coefficient (Wildman–Crippen LogP) is 1.93. The zero-order chi connectivity index (χ0) is 17.2. The van der Waals surface area contributed by atoms with E-state index in [-0.39, 0.29) is 0 Å². The Kier molecular flexibility index (Phi) is 4.85. The molecule has 0 N–H and O–H groups in total. The van der Waals surface area contributed by atoms with E-state index in [1.807, 2.05) is 25.0 Å². The summed E-state index contributed by atoms with van der Waals surface area (Å²) in [5, 5.41) is 6.31. The minimum Gasteiger partial charge on any atom is -0.338 e. The van der Waals surface area contributed by atoms with Crippen LogP contribution in [0, 0.1) is 5.92 Å². The largest absolute Gasteiger partial charge is 0.338 e. The van der Waals surface area contributed by atoms with Gasteiger partial charge in [0, 0.05) is 57.3 Å². The smallest absolute Gasteiger partial charge is 0.223 e. The number of aryl methyl sites for hydroxylation is 2. The molecule has 0 unspecified atom stereocenters. The van der Waals surface area contributed by atoms with E-state index in [0.29, 0.717) is 24.3 Å².